The fourth-order valence-corrected chi connectivity index (χ4v) is 4.42. The normalized spacial score (nSPS) is 16.3. The summed E-state index contributed by atoms with van der Waals surface area (Å²) in [6.45, 7) is 1.06. The predicted octanol–water partition coefficient (Wildman–Crippen LogP) is 4.97. The van der Waals surface area contributed by atoms with Crippen molar-refractivity contribution < 1.29 is 14.0 Å². The highest BCUT2D eigenvalue weighted by atomic mass is 32.1. The van der Waals surface area contributed by atoms with E-state index in [-0.39, 0.29) is 30.0 Å². The van der Waals surface area contributed by atoms with E-state index in [1.165, 1.54) is 12.1 Å². The van der Waals surface area contributed by atoms with E-state index in [0.29, 0.717) is 13.1 Å². The van der Waals surface area contributed by atoms with Crippen LogP contribution in [0.5, 0.6) is 0 Å². The number of hydrogen-bond acceptors (Lipinski definition) is 3. The summed E-state index contributed by atoms with van der Waals surface area (Å²) in [5.74, 6) is -0.639. The number of thiophene rings is 1. The molecule has 1 saturated heterocycles. The number of hydrogen-bond donors (Lipinski definition) is 1. The van der Waals surface area contributed by atoms with Crippen molar-refractivity contribution in [3.8, 4) is 11.1 Å². The van der Waals surface area contributed by atoms with Gasteiger partial charge in [-0.1, -0.05) is 24.3 Å². The minimum Gasteiger partial charge on any atom is -0.342 e. The molecule has 4 nitrogen and oxygen atoms in total. The minimum atomic E-state index is -0.316. The molecule has 2 aromatic carbocycles. The predicted molar refractivity (Wildman–Crippen MR) is 118 cm³/mol. The monoisotopic (exact) mass is 422 g/mol. The van der Waals surface area contributed by atoms with Crippen LogP contribution in [0.1, 0.15) is 18.4 Å². The van der Waals surface area contributed by atoms with Gasteiger partial charge in [-0.2, -0.15) is 11.3 Å². The maximum absolute atomic E-state index is 13.1. The van der Waals surface area contributed by atoms with E-state index in [4.69, 9.17) is 0 Å². The lowest BCUT2D eigenvalue weighted by Gasteiger charge is -2.32. The van der Waals surface area contributed by atoms with Crippen LogP contribution in [0.25, 0.3) is 11.1 Å². The lowest BCUT2D eigenvalue weighted by atomic mass is 9.96. The Bertz CT molecular complexity index is 1020. The number of rotatable bonds is 5. The molecule has 0 bridgehead atoms. The van der Waals surface area contributed by atoms with Gasteiger partial charge in [0.05, 0.1) is 12.3 Å². The molecule has 0 radical (unpaired) electrons. The number of halogens is 1. The van der Waals surface area contributed by atoms with Gasteiger partial charge in [0.25, 0.3) is 0 Å². The molecule has 4 rings (SSSR count). The van der Waals surface area contributed by atoms with Gasteiger partial charge in [0.15, 0.2) is 0 Å². The molecule has 1 aliphatic rings. The summed E-state index contributed by atoms with van der Waals surface area (Å²) in [4.78, 5) is 27.2. The number of likely N-dealkylation sites (tertiary alicyclic amines) is 1. The first kappa shape index (κ1) is 20.3. The van der Waals surface area contributed by atoms with Crippen molar-refractivity contribution in [2.24, 2.45) is 5.92 Å². The van der Waals surface area contributed by atoms with Crippen molar-refractivity contribution in [2.75, 3.05) is 18.4 Å². The highest BCUT2D eigenvalue weighted by Crippen LogP contribution is 2.26. The number of carbonyl (C=O) groups is 2. The fraction of sp³-hybridized carbons (Fsp3) is 0.250. The topological polar surface area (TPSA) is 49.4 Å². The lowest BCUT2D eigenvalue weighted by molar-refractivity contribution is -0.133. The van der Waals surface area contributed by atoms with Crippen LogP contribution in [0.3, 0.4) is 0 Å². The Kier molecular flexibility index (Phi) is 6.23. The molecule has 1 unspecified atom stereocenters. The van der Waals surface area contributed by atoms with Gasteiger partial charge in [0, 0.05) is 18.8 Å². The Morgan fingerprint density at radius 3 is 2.70 bits per heavy atom. The zero-order valence-corrected chi connectivity index (χ0v) is 17.3. The molecule has 0 aliphatic carbocycles. The smallest absolute Gasteiger partial charge is 0.229 e. The first-order chi connectivity index (χ1) is 14.6. The minimum absolute atomic E-state index is 0.0291. The quantitative estimate of drug-likeness (QED) is 0.631. The van der Waals surface area contributed by atoms with Crippen LogP contribution in [-0.2, 0) is 16.0 Å². The van der Waals surface area contributed by atoms with Crippen LogP contribution < -0.4 is 5.32 Å². The maximum atomic E-state index is 13.1. The van der Waals surface area contributed by atoms with Gasteiger partial charge in [0.2, 0.25) is 11.8 Å². The molecule has 30 heavy (non-hydrogen) atoms. The highest BCUT2D eigenvalue weighted by molar-refractivity contribution is 7.08. The number of nitrogens with one attached hydrogen (secondary N) is 1. The average molecular weight is 423 g/mol. The second-order valence-corrected chi connectivity index (χ2v) is 8.34. The van der Waals surface area contributed by atoms with E-state index in [1.54, 1.807) is 28.4 Å². The molecule has 1 fully saturated rings. The van der Waals surface area contributed by atoms with E-state index in [2.05, 4.69) is 16.8 Å². The van der Waals surface area contributed by atoms with Gasteiger partial charge in [0.1, 0.15) is 5.82 Å². The van der Waals surface area contributed by atoms with E-state index < -0.39 is 0 Å². The molecule has 0 spiro atoms. The van der Waals surface area contributed by atoms with Crippen LogP contribution in [0.15, 0.2) is 65.4 Å². The van der Waals surface area contributed by atoms with Crippen LogP contribution in [0, 0.1) is 11.7 Å². The van der Waals surface area contributed by atoms with E-state index >= 15 is 0 Å². The molecule has 1 aromatic heterocycles. The first-order valence-electron chi connectivity index (χ1n) is 10.0. The third-order valence-corrected chi connectivity index (χ3v) is 6.08. The number of carbonyl (C=O) groups excluding carboxylic acids is 2. The van der Waals surface area contributed by atoms with Crippen LogP contribution in [-0.4, -0.2) is 29.8 Å². The van der Waals surface area contributed by atoms with Gasteiger partial charge >= 0.3 is 0 Å². The second-order valence-electron chi connectivity index (χ2n) is 7.56. The Hall–Kier alpha value is -2.99. The van der Waals surface area contributed by atoms with Gasteiger partial charge in [-0.3, -0.25) is 9.59 Å². The molecule has 1 atom stereocenters. The summed E-state index contributed by atoms with van der Waals surface area (Å²) in [6, 6.07) is 15.8. The highest BCUT2D eigenvalue weighted by Gasteiger charge is 2.28. The van der Waals surface area contributed by atoms with Crippen molar-refractivity contribution in [2.45, 2.75) is 19.3 Å². The molecule has 3 aromatic rings. The molecule has 1 N–H and O–H groups in total. The number of nitrogens with zero attached hydrogens (tertiary/aromatic N) is 1. The largest absolute Gasteiger partial charge is 0.342 e. The molecular formula is C24H23FN2O2S. The summed E-state index contributed by atoms with van der Waals surface area (Å²) < 4.78 is 13.1. The third kappa shape index (κ3) is 4.94. The number of amides is 2. The summed E-state index contributed by atoms with van der Waals surface area (Å²) in [5, 5.41) is 7.12. The lowest BCUT2D eigenvalue weighted by Crippen LogP contribution is -2.44. The number of benzene rings is 2. The number of anilines is 1. The first-order valence-corrected chi connectivity index (χ1v) is 11.0. The second kappa shape index (κ2) is 9.22. The van der Waals surface area contributed by atoms with Gasteiger partial charge in [-0.15, -0.1) is 0 Å². The maximum Gasteiger partial charge on any atom is 0.229 e. The van der Waals surface area contributed by atoms with Crippen molar-refractivity contribution in [3.05, 3.63) is 76.7 Å². The van der Waals surface area contributed by atoms with E-state index in [1.807, 2.05) is 29.6 Å². The third-order valence-electron chi connectivity index (χ3n) is 5.40. The molecule has 0 saturated carbocycles. The van der Waals surface area contributed by atoms with E-state index in [9.17, 15) is 14.0 Å². The molecule has 154 valence electrons. The molecule has 6 heteroatoms. The summed E-state index contributed by atoms with van der Waals surface area (Å²) in [5.41, 5.74) is 3.73. The zero-order chi connectivity index (χ0) is 20.9. The zero-order valence-electron chi connectivity index (χ0n) is 16.5. The van der Waals surface area contributed by atoms with Crippen LogP contribution in [0.4, 0.5) is 10.1 Å². The van der Waals surface area contributed by atoms with Crippen LogP contribution in [0.2, 0.25) is 0 Å². The Balaban J connectivity index is 1.37. The van der Waals surface area contributed by atoms with Crippen molar-refractivity contribution in [1.82, 2.24) is 4.90 Å². The summed E-state index contributed by atoms with van der Waals surface area (Å²) in [6.07, 6.45) is 1.77. The average Bonchev–Trinajstić information content (AvgIpc) is 3.31. The van der Waals surface area contributed by atoms with Crippen LogP contribution >= 0.6 is 11.3 Å². The fourth-order valence-electron chi connectivity index (χ4n) is 3.76. The van der Waals surface area contributed by atoms with Gasteiger partial charge in [-0.05, 0) is 70.6 Å². The Morgan fingerprint density at radius 1 is 1.10 bits per heavy atom. The molecule has 1 aliphatic heterocycles. The summed E-state index contributed by atoms with van der Waals surface area (Å²) >= 11 is 1.64. The standard InChI is InChI=1S/C24H23FN2O2S/c25-21-8-6-17(7-9-21)13-23(28)27-11-2-4-19(15-27)24(29)26-22-5-1-3-18(14-22)20-10-12-30-16-20/h1,3,5-10,12,14,16,19H,2,4,11,13,15H2,(H,26,29). The van der Waals surface area contributed by atoms with Crippen molar-refractivity contribution >= 4 is 28.8 Å². The SMILES string of the molecule is O=C(Nc1cccc(-c2ccsc2)c1)C1CCCN(C(=O)Cc2ccc(F)cc2)C1. The summed E-state index contributed by atoms with van der Waals surface area (Å²) in [7, 11) is 0. The number of piperidine rings is 1. The molecule has 2 heterocycles. The van der Waals surface area contributed by atoms with E-state index in [0.717, 1.165) is 35.2 Å². The van der Waals surface area contributed by atoms with Crippen molar-refractivity contribution in [3.63, 3.8) is 0 Å². The Morgan fingerprint density at radius 2 is 1.93 bits per heavy atom. The van der Waals surface area contributed by atoms with Gasteiger partial charge in [-0.25, -0.2) is 4.39 Å². The molecular weight excluding hydrogens is 399 g/mol. The Labute approximate surface area is 179 Å². The molecule has 2 amide bonds. The van der Waals surface area contributed by atoms with Gasteiger partial charge < -0.3 is 10.2 Å². The van der Waals surface area contributed by atoms with Crippen molar-refractivity contribution in [1.29, 1.82) is 0 Å².